The number of hydrogen-bond donors (Lipinski definition) is 16. The summed E-state index contributed by atoms with van der Waals surface area (Å²) in [6.07, 6.45) is -0.213. The fraction of sp³-hybridized carbons (Fsp3) is 0.554. The number of aromatic amines is 2. The summed E-state index contributed by atoms with van der Waals surface area (Å²) in [7, 11) is 5.38. The van der Waals surface area contributed by atoms with Crippen molar-refractivity contribution in [3.8, 4) is 5.75 Å². The molecule has 0 spiro atoms. The third kappa shape index (κ3) is 30.4. The normalized spacial score (nSPS) is 24.7. The Labute approximate surface area is 786 Å². The molecule has 2 aromatic heterocycles. The minimum Gasteiger partial charge on any atom is -0.497 e. The lowest BCUT2D eigenvalue weighted by molar-refractivity contribution is -0.149. The number of H-pyrrole nitrogens is 2. The van der Waals surface area contributed by atoms with Gasteiger partial charge < -0.3 is 115 Å². The van der Waals surface area contributed by atoms with Crippen LogP contribution < -0.4 is 80.4 Å². The van der Waals surface area contributed by atoms with Crippen LogP contribution in [0, 0.1) is 5.92 Å². The molecule has 3 fully saturated rings. The predicted molar refractivity (Wildman–Crippen MR) is 497 cm³/mol. The minimum absolute atomic E-state index is 0.00428. The van der Waals surface area contributed by atoms with E-state index in [9.17, 15) is 52.7 Å². The SMILES string of the molecule is CCCC[C@H]1C(=O)N(C)[C@@H](CCCC)C(=O)N[C@@H](CCCNC(=O)CC)C(=O)N[C@H](C(=O)NCC(N)=O)CSCC(=O)N[C@@H](Cc2ccc(OC)cc2)C(=O)N(C)[C@@H](C)C(=O)N[C@H](CC(N)=O)C(=O)N2CCC[C@H]2C(=O)N[C@@H](CC(N)=O)C(=O)N[C@@H](CC(C)C)C(=O)N2C[C@H](F)C[C@H]2C(=O)N[C@@H](Cc2c[nH]c3ccccc23)C(=O)N[C@@H](C)C(=O)N[C@@H](Cc2c[nH]c3ccccc23)C(=O)N1C. The van der Waals surface area contributed by atoms with Crippen LogP contribution in [0.4, 0.5) is 4.39 Å². The minimum atomic E-state index is -1.88. The number of nitrogens with two attached hydrogens (primary N) is 3. The number of ether oxygens (including phenoxy) is 1. The number of para-hydroxylation sites is 2. The van der Waals surface area contributed by atoms with Crippen molar-refractivity contribution < 1.29 is 100 Å². The summed E-state index contributed by atoms with van der Waals surface area (Å²) in [5, 5.41) is 30.2. The Morgan fingerprint density at radius 1 is 0.519 bits per heavy atom. The Morgan fingerprint density at radius 3 is 1.64 bits per heavy atom. The zero-order valence-electron chi connectivity index (χ0n) is 78.2. The van der Waals surface area contributed by atoms with E-state index in [1.807, 2.05) is 13.8 Å². The number of rotatable bonds is 27. The Hall–Kier alpha value is -13.3. The molecule has 0 saturated carbocycles. The topological polar surface area (TPSA) is 592 Å². The van der Waals surface area contributed by atoms with Gasteiger partial charge in [-0.05, 0) is 106 Å². The summed E-state index contributed by atoms with van der Waals surface area (Å²) in [5.74, 6) is -18.8. The highest BCUT2D eigenvalue weighted by Crippen LogP contribution is 2.29. The second-order valence-electron chi connectivity index (χ2n) is 34.8. The van der Waals surface area contributed by atoms with E-state index in [2.05, 4.69) is 68.5 Å². The van der Waals surface area contributed by atoms with Crippen LogP contribution >= 0.6 is 11.8 Å². The van der Waals surface area contributed by atoms with E-state index in [1.54, 1.807) is 106 Å². The van der Waals surface area contributed by atoms with Gasteiger partial charge in [0.1, 0.15) is 96.5 Å². The van der Waals surface area contributed by atoms with E-state index >= 15 is 42.7 Å². The summed E-state index contributed by atoms with van der Waals surface area (Å²) in [6.45, 7) is 9.69. The van der Waals surface area contributed by atoms with Crippen molar-refractivity contribution in [2.24, 2.45) is 23.1 Å². The van der Waals surface area contributed by atoms with E-state index in [0.717, 1.165) is 26.5 Å². The highest BCUT2D eigenvalue weighted by molar-refractivity contribution is 8.00. The second-order valence-corrected chi connectivity index (χ2v) is 35.9. The highest BCUT2D eigenvalue weighted by atomic mass is 32.2. The molecule has 0 bridgehead atoms. The predicted octanol–water partition coefficient (Wildman–Crippen LogP) is -0.668. The number of thioether (sulfide) groups is 1. The molecular weight excluding hydrogens is 1770 g/mol. The number of amides is 19. The summed E-state index contributed by atoms with van der Waals surface area (Å²) < 4.78 is 21.6. The zero-order valence-corrected chi connectivity index (χ0v) is 79.0. The third-order valence-electron chi connectivity index (χ3n) is 24.2. The van der Waals surface area contributed by atoms with Crippen LogP contribution in [-0.2, 0) is 110 Å². The molecule has 3 aliphatic rings. The average Bonchev–Trinajstić information content (AvgIpc) is 1.76. The zero-order chi connectivity index (χ0) is 99.2. The maximum absolute atomic E-state index is 16.2. The fourth-order valence-corrected chi connectivity index (χ4v) is 17.4. The van der Waals surface area contributed by atoms with Gasteiger partial charge in [-0.1, -0.05) is 109 Å². The van der Waals surface area contributed by atoms with Gasteiger partial charge in [-0.25, -0.2) is 4.39 Å². The van der Waals surface area contributed by atoms with Gasteiger partial charge in [0, 0.05) is 106 Å². The van der Waals surface area contributed by atoms with Crippen LogP contribution in [-0.4, -0.2) is 303 Å². The van der Waals surface area contributed by atoms with Crippen molar-refractivity contribution >= 4 is 146 Å². The first-order valence-corrected chi connectivity index (χ1v) is 46.8. The molecule has 135 heavy (non-hydrogen) atoms. The number of benzene rings is 3. The van der Waals surface area contributed by atoms with Crippen molar-refractivity contribution in [3.05, 3.63) is 102 Å². The molecule has 19 N–H and O–H groups in total. The summed E-state index contributed by atoms with van der Waals surface area (Å²) >= 11 is 0.775. The Kier molecular flexibility index (Phi) is 40.7. The Bertz CT molecular complexity index is 5090. The van der Waals surface area contributed by atoms with Crippen molar-refractivity contribution in [2.45, 2.75) is 255 Å². The summed E-state index contributed by atoms with van der Waals surface area (Å²) in [5.41, 5.74) is 19.6. The largest absolute Gasteiger partial charge is 0.497 e. The Morgan fingerprint density at radius 2 is 1.04 bits per heavy atom. The first-order valence-electron chi connectivity index (χ1n) is 45.6. The smallest absolute Gasteiger partial charge is 0.246 e. The van der Waals surface area contributed by atoms with Gasteiger partial charge in [0.15, 0.2) is 0 Å². The number of fused-ring (bicyclic) bond motifs is 4. The molecule has 8 rings (SSSR count). The number of carbonyl (C=O) groups is 19. The molecule has 41 nitrogen and oxygen atoms in total. The first kappa shape index (κ1) is 107. The van der Waals surface area contributed by atoms with Gasteiger partial charge in [-0.3, -0.25) is 91.1 Å². The first-order chi connectivity index (χ1) is 64.2. The molecule has 43 heteroatoms. The molecule has 0 unspecified atom stereocenters. The van der Waals surface area contributed by atoms with Gasteiger partial charge in [-0.2, -0.15) is 0 Å². The number of halogens is 1. The monoisotopic (exact) mass is 1900 g/mol. The van der Waals surface area contributed by atoms with E-state index in [1.165, 1.54) is 51.9 Å². The Balaban J connectivity index is 1.20. The van der Waals surface area contributed by atoms with Crippen molar-refractivity contribution in [3.63, 3.8) is 0 Å². The third-order valence-corrected chi connectivity index (χ3v) is 25.2. The standard InChI is InChI=1S/C92H130FN21O20S/c1-12-15-28-70-85(126)103-62(27-21-35-97-77(118)14-3)82(123)109-69(81(122)100-46-76(96)117)48-135-49-78(119)102-66(38-53-31-33-57(134-11)34-32-53)88(129)110(8)52(7)80(121)107-68(43-75(95)116)90(131)113-36-22-30-71(113)86(127)105-64(42-74(94)115)84(125)108-65(37-50(4)5)91(132)114-47-56(93)41-73(114)87(128)104-63(39-54-44-98-60-25-19-17-23-58(54)60)83(124)101-51(6)79(120)106-67(40-55-45-99-61-26-20-18-24-59(55)61)89(130)112(10)72(29-16-13-2)92(133)111(70)9/h17-20,23-26,31-34,44-45,50-52,56,62-73,98-99H,12-16,21-22,27-30,35-43,46-49H2,1-11H3,(H2,94,115)(H2,95,116)(H2,96,117)(H,97,118)(H,100,122)(H,101,124)(H,102,119)(H,103,126)(H,104,128)(H,105,127)(H,106,120)(H,107,121)(H,108,125)(H,109,123)/t51-,52-,56+,62-,63-,64-,65-,66-,67-,68+,69-,70-,71-,72-,73-/m0/s1. The van der Waals surface area contributed by atoms with E-state index in [-0.39, 0.29) is 89.6 Å². The van der Waals surface area contributed by atoms with Gasteiger partial charge in [0.2, 0.25) is 112 Å². The number of nitrogens with zero attached hydrogens (tertiary/aromatic N) is 5. The van der Waals surface area contributed by atoms with E-state index in [4.69, 9.17) is 21.9 Å². The van der Waals surface area contributed by atoms with Gasteiger partial charge in [-0.15, -0.1) is 11.8 Å². The van der Waals surface area contributed by atoms with Gasteiger partial charge >= 0.3 is 0 Å². The maximum Gasteiger partial charge on any atom is 0.246 e. The lowest BCUT2D eigenvalue weighted by Gasteiger charge is -2.36. The number of likely N-dealkylation sites (N-methyl/N-ethyl adjacent to an activating group) is 3. The molecule has 19 amide bonds. The molecule has 5 aromatic rings. The number of unbranched alkanes of at least 4 members (excludes halogenated alkanes) is 2. The number of nitrogens with one attached hydrogen (secondary N) is 13. The number of hydrogen-bond acceptors (Lipinski definition) is 21. The van der Waals surface area contributed by atoms with Crippen LogP contribution in [0.5, 0.6) is 5.75 Å². The molecule has 0 aliphatic carbocycles. The number of methoxy groups -OCH3 is 1. The van der Waals surface area contributed by atoms with E-state index < -0.39 is 247 Å². The number of alkyl halides is 1. The maximum atomic E-state index is 16.2. The summed E-state index contributed by atoms with van der Waals surface area (Å²) in [4.78, 5) is 286. The number of carbonyl (C=O) groups excluding carboxylic acids is 19. The highest BCUT2D eigenvalue weighted by Gasteiger charge is 2.47. The van der Waals surface area contributed by atoms with Crippen molar-refractivity contribution in [1.29, 1.82) is 0 Å². The molecule has 3 aromatic carbocycles. The molecule has 3 saturated heterocycles. The molecule has 0 radical (unpaired) electrons. The number of aromatic nitrogens is 2. The molecule has 3 aliphatic heterocycles. The lowest BCUT2D eigenvalue weighted by Crippen LogP contribution is -2.61. The summed E-state index contributed by atoms with van der Waals surface area (Å²) in [6, 6.07) is -1.49. The lowest BCUT2D eigenvalue weighted by atomic mass is 10.00. The van der Waals surface area contributed by atoms with Crippen LogP contribution in [0.25, 0.3) is 21.8 Å². The van der Waals surface area contributed by atoms with Crippen LogP contribution in [0.3, 0.4) is 0 Å². The molecule has 5 heterocycles. The van der Waals surface area contributed by atoms with Crippen LogP contribution in [0.1, 0.15) is 161 Å². The van der Waals surface area contributed by atoms with E-state index in [0.29, 0.717) is 69.9 Å². The molecule has 15 atom stereocenters. The average molecular weight is 1900 g/mol. The van der Waals surface area contributed by atoms with Crippen LogP contribution in [0.15, 0.2) is 85.2 Å². The van der Waals surface area contributed by atoms with Gasteiger partial charge in [0.25, 0.3) is 0 Å². The fourth-order valence-electron chi connectivity index (χ4n) is 16.5. The molecular formula is C92H130FN21O20S. The van der Waals surface area contributed by atoms with Crippen LogP contribution in [0.2, 0.25) is 0 Å². The number of primary amides is 3. The quantitative estimate of drug-likeness (QED) is 0.0290. The van der Waals surface area contributed by atoms with Crippen molar-refractivity contribution in [2.75, 3.05) is 65.9 Å². The molecule has 736 valence electrons. The second kappa shape index (κ2) is 51.3. The van der Waals surface area contributed by atoms with Crippen molar-refractivity contribution in [1.82, 2.24) is 93.0 Å². The van der Waals surface area contributed by atoms with Gasteiger partial charge in [0.05, 0.1) is 38.8 Å².